The molecule has 0 atom stereocenters. The summed E-state index contributed by atoms with van der Waals surface area (Å²) in [5, 5.41) is 19.9. The molecule has 0 aliphatic carbocycles. The number of rotatable bonds is 5. The van der Waals surface area contributed by atoms with Crippen molar-refractivity contribution >= 4 is 5.88 Å². The van der Waals surface area contributed by atoms with Crippen LogP contribution in [0.3, 0.4) is 0 Å². The highest BCUT2D eigenvalue weighted by atomic mass is 16.6. The lowest BCUT2D eigenvalue weighted by atomic mass is 10.3. The Balaban J connectivity index is 1.83. The number of hydrogen-bond donors (Lipinski definition) is 2. The topological polar surface area (TPSA) is 97.0 Å². The molecule has 2 aromatic heterocycles. The minimum atomic E-state index is -0.556. The van der Waals surface area contributed by atoms with Crippen molar-refractivity contribution < 1.29 is 9.34 Å². The lowest BCUT2D eigenvalue weighted by molar-refractivity contribution is -0.402. The number of nitrogens with zero attached hydrogens (tertiary/aromatic N) is 2. The second-order valence-electron chi connectivity index (χ2n) is 3.21. The minimum absolute atomic E-state index is 0.236. The summed E-state index contributed by atoms with van der Waals surface area (Å²) in [6.45, 7) is 1.07. The second-order valence-corrected chi connectivity index (χ2v) is 3.21. The molecule has 0 unspecified atom stereocenters. The molecule has 0 bridgehead atoms. The average molecular weight is 222 g/mol. The molecule has 0 saturated carbocycles. The highest BCUT2D eigenvalue weighted by molar-refractivity contribution is 5.17. The molecule has 16 heavy (non-hydrogen) atoms. The van der Waals surface area contributed by atoms with E-state index in [0.717, 1.165) is 5.56 Å². The fourth-order valence-electron chi connectivity index (χ4n) is 1.26. The number of H-pyrrole nitrogens is 1. The molecular weight excluding hydrogens is 212 g/mol. The summed E-state index contributed by atoms with van der Waals surface area (Å²) in [6, 6.07) is 2.93. The van der Waals surface area contributed by atoms with Crippen LogP contribution in [0.25, 0.3) is 0 Å². The van der Waals surface area contributed by atoms with Crippen LogP contribution >= 0.6 is 0 Å². The molecule has 2 aromatic rings. The smallest absolute Gasteiger partial charge is 0.404 e. The third-order valence-electron chi connectivity index (χ3n) is 2.01. The number of furan rings is 1. The van der Waals surface area contributed by atoms with E-state index in [4.69, 9.17) is 4.42 Å². The summed E-state index contributed by atoms with van der Waals surface area (Å²) in [5.41, 5.74) is 1.01. The van der Waals surface area contributed by atoms with Crippen LogP contribution in [0, 0.1) is 10.1 Å². The summed E-state index contributed by atoms with van der Waals surface area (Å²) < 4.78 is 4.98. The van der Waals surface area contributed by atoms with Gasteiger partial charge in [-0.1, -0.05) is 0 Å². The monoisotopic (exact) mass is 222 g/mol. The van der Waals surface area contributed by atoms with Crippen LogP contribution in [0.2, 0.25) is 0 Å². The molecule has 0 aliphatic heterocycles. The van der Waals surface area contributed by atoms with Crippen molar-refractivity contribution in [2.45, 2.75) is 13.1 Å². The van der Waals surface area contributed by atoms with E-state index >= 15 is 0 Å². The Morgan fingerprint density at radius 1 is 1.50 bits per heavy atom. The van der Waals surface area contributed by atoms with Gasteiger partial charge in [-0.15, -0.1) is 0 Å². The van der Waals surface area contributed by atoms with Crippen molar-refractivity contribution in [3.8, 4) is 0 Å². The van der Waals surface area contributed by atoms with E-state index in [0.29, 0.717) is 18.8 Å². The van der Waals surface area contributed by atoms with Crippen LogP contribution in [0.1, 0.15) is 11.3 Å². The molecule has 0 spiro atoms. The Bertz CT molecular complexity index is 463. The Morgan fingerprint density at radius 3 is 3.00 bits per heavy atom. The first-order valence-electron chi connectivity index (χ1n) is 4.67. The molecule has 0 saturated heterocycles. The molecule has 7 heteroatoms. The van der Waals surface area contributed by atoms with Crippen LogP contribution in [0.4, 0.5) is 5.88 Å². The summed E-state index contributed by atoms with van der Waals surface area (Å²) in [4.78, 5) is 9.80. The van der Waals surface area contributed by atoms with Crippen LogP contribution in [-0.2, 0) is 13.1 Å². The van der Waals surface area contributed by atoms with Gasteiger partial charge in [0.05, 0.1) is 18.8 Å². The highest BCUT2D eigenvalue weighted by Gasteiger charge is 2.10. The van der Waals surface area contributed by atoms with Crippen LogP contribution in [0.5, 0.6) is 0 Å². The van der Waals surface area contributed by atoms with Crippen molar-refractivity contribution in [2.75, 3.05) is 0 Å². The van der Waals surface area contributed by atoms with E-state index in [-0.39, 0.29) is 5.88 Å². The molecule has 0 radical (unpaired) electrons. The molecule has 0 amide bonds. The second kappa shape index (κ2) is 4.58. The summed E-state index contributed by atoms with van der Waals surface area (Å²) in [6.07, 6.45) is 3.48. The third-order valence-corrected chi connectivity index (χ3v) is 2.01. The fourth-order valence-corrected chi connectivity index (χ4v) is 1.26. The van der Waals surface area contributed by atoms with E-state index in [1.165, 1.54) is 6.07 Å². The van der Waals surface area contributed by atoms with Gasteiger partial charge in [0.2, 0.25) is 0 Å². The van der Waals surface area contributed by atoms with Gasteiger partial charge < -0.3 is 9.73 Å². The lowest BCUT2D eigenvalue weighted by Gasteiger charge is -1.98. The van der Waals surface area contributed by atoms with E-state index in [1.54, 1.807) is 18.5 Å². The molecule has 2 heterocycles. The maximum absolute atomic E-state index is 10.4. The predicted octanol–water partition coefficient (Wildman–Crippen LogP) is 1.20. The molecule has 0 fully saturated rings. The summed E-state index contributed by atoms with van der Waals surface area (Å²) >= 11 is 0. The van der Waals surface area contributed by atoms with Gasteiger partial charge in [0.1, 0.15) is 10.7 Å². The molecule has 84 valence electrons. The molecule has 0 aliphatic rings. The SMILES string of the molecule is O=[N+]([O-])c1ccc(CNCc2cn[nH]c2)o1. The van der Waals surface area contributed by atoms with Crippen molar-refractivity contribution in [1.82, 2.24) is 15.5 Å². The van der Waals surface area contributed by atoms with Gasteiger partial charge >= 0.3 is 5.88 Å². The quantitative estimate of drug-likeness (QED) is 0.585. The van der Waals surface area contributed by atoms with Crippen LogP contribution < -0.4 is 5.32 Å². The highest BCUT2D eigenvalue weighted by Crippen LogP contribution is 2.15. The molecular formula is C9H10N4O3. The first kappa shape index (κ1) is 10.4. The molecule has 2 rings (SSSR count). The zero-order valence-corrected chi connectivity index (χ0v) is 8.34. The third kappa shape index (κ3) is 2.45. The van der Waals surface area contributed by atoms with Gasteiger partial charge in [0.15, 0.2) is 0 Å². The summed E-state index contributed by atoms with van der Waals surface area (Å²) in [7, 11) is 0. The standard InChI is InChI=1S/C9H10N4O3/c14-13(15)9-2-1-8(16-9)6-10-3-7-4-11-12-5-7/h1-2,4-5,10H,3,6H2,(H,11,12). The first-order chi connectivity index (χ1) is 7.75. The van der Waals surface area contributed by atoms with Gasteiger partial charge in [-0.25, -0.2) is 0 Å². The fraction of sp³-hybridized carbons (Fsp3) is 0.222. The van der Waals surface area contributed by atoms with Gasteiger partial charge in [0.25, 0.3) is 0 Å². The number of aromatic amines is 1. The molecule has 0 aromatic carbocycles. The normalized spacial score (nSPS) is 10.5. The van der Waals surface area contributed by atoms with E-state index in [2.05, 4.69) is 15.5 Å². The maximum Gasteiger partial charge on any atom is 0.433 e. The predicted molar refractivity (Wildman–Crippen MR) is 54.5 cm³/mol. The Hall–Kier alpha value is -2.15. The van der Waals surface area contributed by atoms with Crippen molar-refractivity contribution in [3.05, 3.63) is 46.0 Å². The van der Waals surface area contributed by atoms with Gasteiger partial charge in [0, 0.05) is 18.3 Å². The largest absolute Gasteiger partial charge is 0.433 e. The van der Waals surface area contributed by atoms with Crippen molar-refractivity contribution in [1.29, 1.82) is 0 Å². The average Bonchev–Trinajstić information content (AvgIpc) is 2.87. The van der Waals surface area contributed by atoms with E-state index in [9.17, 15) is 10.1 Å². The van der Waals surface area contributed by atoms with Crippen LogP contribution in [0.15, 0.2) is 28.9 Å². The Labute approximate surface area is 90.6 Å². The van der Waals surface area contributed by atoms with Crippen molar-refractivity contribution in [3.63, 3.8) is 0 Å². The lowest BCUT2D eigenvalue weighted by Crippen LogP contribution is -2.11. The number of nitro groups is 1. The minimum Gasteiger partial charge on any atom is -0.404 e. The molecule has 7 nitrogen and oxygen atoms in total. The van der Waals surface area contributed by atoms with Crippen LogP contribution in [-0.4, -0.2) is 15.1 Å². The van der Waals surface area contributed by atoms with Gasteiger partial charge in [-0.05, 0) is 6.07 Å². The first-order valence-corrected chi connectivity index (χ1v) is 4.67. The zero-order valence-electron chi connectivity index (χ0n) is 8.34. The Morgan fingerprint density at radius 2 is 2.38 bits per heavy atom. The maximum atomic E-state index is 10.4. The van der Waals surface area contributed by atoms with E-state index < -0.39 is 4.92 Å². The Kier molecular flexibility index (Phi) is 2.97. The summed E-state index contributed by atoms with van der Waals surface area (Å²) in [5.74, 6) is 0.301. The number of hydrogen-bond acceptors (Lipinski definition) is 5. The van der Waals surface area contributed by atoms with Crippen molar-refractivity contribution in [2.24, 2.45) is 0 Å². The number of aromatic nitrogens is 2. The number of nitrogens with one attached hydrogen (secondary N) is 2. The molecule has 2 N–H and O–H groups in total. The van der Waals surface area contributed by atoms with E-state index in [1.807, 2.05) is 0 Å². The van der Waals surface area contributed by atoms with Gasteiger partial charge in [-0.3, -0.25) is 15.2 Å². The van der Waals surface area contributed by atoms with Gasteiger partial charge in [-0.2, -0.15) is 5.10 Å². The zero-order chi connectivity index (χ0) is 11.4.